The van der Waals surface area contributed by atoms with Crippen LogP contribution < -0.4 is 5.32 Å². The van der Waals surface area contributed by atoms with Crippen molar-refractivity contribution in [2.45, 2.75) is 38.8 Å². The molecule has 0 bridgehead atoms. The van der Waals surface area contributed by atoms with Crippen molar-refractivity contribution in [2.24, 2.45) is 5.92 Å². The zero-order chi connectivity index (χ0) is 11.6. The van der Waals surface area contributed by atoms with Gasteiger partial charge >= 0.3 is 0 Å². The van der Waals surface area contributed by atoms with E-state index in [1.54, 1.807) is 6.20 Å². The Bertz CT molecular complexity index is 352. The van der Waals surface area contributed by atoms with Crippen molar-refractivity contribution in [2.75, 3.05) is 13.1 Å². The van der Waals surface area contributed by atoms with Gasteiger partial charge in [-0.25, -0.2) is 4.68 Å². The van der Waals surface area contributed by atoms with Gasteiger partial charge in [0.1, 0.15) is 5.60 Å². The molecule has 0 aliphatic carbocycles. The van der Waals surface area contributed by atoms with Crippen molar-refractivity contribution in [3.63, 3.8) is 0 Å². The summed E-state index contributed by atoms with van der Waals surface area (Å²) in [5.41, 5.74) is 0.0903. The second kappa shape index (κ2) is 4.51. The lowest BCUT2D eigenvalue weighted by atomic mass is 9.80. The molecule has 2 N–H and O–H groups in total. The van der Waals surface area contributed by atoms with Gasteiger partial charge in [-0.05, 0) is 19.4 Å². The molecule has 2 atom stereocenters. The molecule has 90 valence electrons. The van der Waals surface area contributed by atoms with E-state index in [4.69, 9.17) is 0 Å². The lowest BCUT2D eigenvalue weighted by Crippen LogP contribution is -2.47. The van der Waals surface area contributed by atoms with Crippen LogP contribution in [0.25, 0.3) is 0 Å². The number of piperidine rings is 1. The Labute approximate surface area is 95.8 Å². The molecule has 1 aromatic rings. The first-order chi connectivity index (χ1) is 7.68. The molecule has 0 amide bonds. The van der Waals surface area contributed by atoms with Crippen LogP contribution in [0.4, 0.5) is 0 Å². The monoisotopic (exact) mass is 224 g/mol. The maximum atomic E-state index is 10.8. The highest BCUT2D eigenvalue weighted by atomic mass is 16.3. The third kappa shape index (κ3) is 1.85. The van der Waals surface area contributed by atoms with Gasteiger partial charge in [0, 0.05) is 19.0 Å². The highest BCUT2D eigenvalue weighted by Crippen LogP contribution is 2.34. The second-order valence-electron chi connectivity index (χ2n) is 4.62. The summed E-state index contributed by atoms with van der Waals surface area (Å²) in [6.45, 7) is 6.67. The van der Waals surface area contributed by atoms with E-state index in [1.165, 1.54) is 0 Å². The van der Waals surface area contributed by atoms with Gasteiger partial charge < -0.3 is 10.4 Å². The zero-order valence-corrected chi connectivity index (χ0v) is 9.98. The van der Waals surface area contributed by atoms with Crippen LogP contribution in [0.5, 0.6) is 0 Å². The Morgan fingerprint density at radius 2 is 2.50 bits per heavy atom. The smallest absolute Gasteiger partial charge is 0.113 e. The predicted octanol–water partition coefficient (Wildman–Crippen LogP) is 0.505. The van der Waals surface area contributed by atoms with Crippen molar-refractivity contribution in [1.29, 1.82) is 0 Å². The number of aliphatic hydroxyl groups is 1. The van der Waals surface area contributed by atoms with Gasteiger partial charge in [-0.15, -0.1) is 5.10 Å². The molecule has 0 saturated carbocycles. The van der Waals surface area contributed by atoms with E-state index in [-0.39, 0.29) is 5.92 Å². The number of rotatable bonds is 3. The van der Waals surface area contributed by atoms with Crippen LogP contribution in [0.15, 0.2) is 6.20 Å². The van der Waals surface area contributed by atoms with E-state index in [2.05, 4.69) is 29.5 Å². The Morgan fingerprint density at radius 1 is 1.69 bits per heavy atom. The average Bonchev–Trinajstić information content (AvgIpc) is 2.72. The van der Waals surface area contributed by atoms with Crippen LogP contribution in [0.1, 0.15) is 32.4 Å². The number of hydrogen-bond acceptors (Lipinski definition) is 4. The summed E-state index contributed by atoms with van der Waals surface area (Å²) < 4.78 is 1.84. The first-order valence-electron chi connectivity index (χ1n) is 6.00. The summed E-state index contributed by atoms with van der Waals surface area (Å²) in [5.74, 6) is 0.190. The number of hydrogen-bond donors (Lipinski definition) is 2. The molecule has 5 heteroatoms. The van der Waals surface area contributed by atoms with E-state index < -0.39 is 5.60 Å². The molecule has 1 aliphatic heterocycles. The van der Waals surface area contributed by atoms with Gasteiger partial charge in [-0.1, -0.05) is 19.1 Å². The van der Waals surface area contributed by atoms with Crippen molar-refractivity contribution in [3.05, 3.63) is 11.9 Å². The standard InChI is InChI=1S/C11H20N4O/c1-3-6-15-10(8-13-14-15)11(16)4-5-12-7-9(11)2/h8-9,12,16H,3-7H2,1-2H3. The third-order valence-corrected chi connectivity index (χ3v) is 3.45. The maximum Gasteiger partial charge on any atom is 0.113 e. The van der Waals surface area contributed by atoms with Crippen molar-refractivity contribution >= 4 is 0 Å². The van der Waals surface area contributed by atoms with Gasteiger partial charge in [-0.3, -0.25) is 0 Å². The summed E-state index contributed by atoms with van der Waals surface area (Å²) in [6, 6.07) is 0. The fraction of sp³-hybridized carbons (Fsp3) is 0.818. The Hall–Kier alpha value is -0.940. The Balaban J connectivity index is 2.29. The second-order valence-corrected chi connectivity index (χ2v) is 4.62. The van der Waals surface area contributed by atoms with Crippen LogP contribution in [-0.4, -0.2) is 33.2 Å². The van der Waals surface area contributed by atoms with Crippen LogP contribution >= 0.6 is 0 Å². The van der Waals surface area contributed by atoms with Gasteiger partial charge in [0.25, 0.3) is 0 Å². The average molecular weight is 224 g/mol. The predicted molar refractivity (Wildman–Crippen MR) is 60.9 cm³/mol. The van der Waals surface area contributed by atoms with Gasteiger partial charge in [0.15, 0.2) is 0 Å². The first-order valence-corrected chi connectivity index (χ1v) is 6.00. The lowest BCUT2D eigenvalue weighted by molar-refractivity contribution is -0.0465. The molecular weight excluding hydrogens is 204 g/mol. The summed E-state index contributed by atoms with van der Waals surface area (Å²) in [5, 5.41) is 22.0. The lowest BCUT2D eigenvalue weighted by Gasteiger charge is -2.38. The molecular formula is C11H20N4O. The van der Waals surface area contributed by atoms with E-state index >= 15 is 0 Å². The largest absolute Gasteiger partial charge is 0.383 e. The van der Waals surface area contributed by atoms with E-state index in [0.29, 0.717) is 0 Å². The third-order valence-electron chi connectivity index (χ3n) is 3.45. The molecule has 2 unspecified atom stereocenters. The molecule has 1 saturated heterocycles. The Morgan fingerprint density at radius 3 is 3.19 bits per heavy atom. The van der Waals surface area contributed by atoms with Crippen molar-refractivity contribution < 1.29 is 5.11 Å². The van der Waals surface area contributed by atoms with E-state index in [0.717, 1.165) is 38.2 Å². The molecule has 16 heavy (non-hydrogen) atoms. The van der Waals surface area contributed by atoms with Crippen LogP contribution in [-0.2, 0) is 12.1 Å². The Kier molecular flexibility index (Phi) is 3.25. The van der Waals surface area contributed by atoms with Gasteiger partial charge in [0.05, 0.1) is 11.9 Å². The summed E-state index contributed by atoms with van der Waals surface area (Å²) >= 11 is 0. The normalized spacial score (nSPS) is 30.6. The van der Waals surface area contributed by atoms with Crippen LogP contribution in [0.3, 0.4) is 0 Å². The number of nitrogens with zero attached hydrogens (tertiary/aromatic N) is 3. The van der Waals surface area contributed by atoms with Crippen molar-refractivity contribution in [3.8, 4) is 0 Å². The molecule has 0 radical (unpaired) electrons. The quantitative estimate of drug-likeness (QED) is 0.785. The molecule has 1 aliphatic rings. The summed E-state index contributed by atoms with van der Waals surface area (Å²) in [7, 11) is 0. The molecule has 5 nitrogen and oxygen atoms in total. The maximum absolute atomic E-state index is 10.8. The number of aryl methyl sites for hydroxylation is 1. The van der Waals surface area contributed by atoms with Crippen molar-refractivity contribution in [1.82, 2.24) is 20.3 Å². The molecule has 1 aromatic heterocycles. The van der Waals surface area contributed by atoms with Crippen LogP contribution in [0.2, 0.25) is 0 Å². The minimum absolute atomic E-state index is 0.190. The van der Waals surface area contributed by atoms with Gasteiger partial charge in [-0.2, -0.15) is 0 Å². The topological polar surface area (TPSA) is 63.0 Å². The van der Waals surface area contributed by atoms with Gasteiger partial charge in [0.2, 0.25) is 0 Å². The molecule has 0 aromatic carbocycles. The summed E-state index contributed by atoms with van der Waals surface area (Å²) in [6.07, 6.45) is 3.43. The molecule has 1 fully saturated rings. The van der Waals surface area contributed by atoms with Crippen LogP contribution in [0, 0.1) is 5.92 Å². The minimum atomic E-state index is -0.774. The fourth-order valence-corrected chi connectivity index (χ4v) is 2.36. The van der Waals surface area contributed by atoms with E-state index in [9.17, 15) is 5.11 Å². The molecule has 2 heterocycles. The molecule has 2 rings (SSSR count). The highest BCUT2D eigenvalue weighted by Gasteiger charge is 2.40. The fourth-order valence-electron chi connectivity index (χ4n) is 2.36. The molecule has 0 spiro atoms. The van der Waals surface area contributed by atoms with E-state index in [1.807, 2.05) is 4.68 Å². The number of nitrogens with one attached hydrogen (secondary N) is 1. The highest BCUT2D eigenvalue weighted by molar-refractivity contribution is 5.12. The minimum Gasteiger partial charge on any atom is -0.383 e. The SMILES string of the molecule is CCCn1nncc1C1(O)CCNCC1C. The zero-order valence-electron chi connectivity index (χ0n) is 9.98. The number of aromatic nitrogens is 3. The first kappa shape index (κ1) is 11.5. The summed E-state index contributed by atoms with van der Waals surface area (Å²) in [4.78, 5) is 0.